The number of carbonyl (C=O) groups is 1. The fraction of sp³-hybridized carbons (Fsp3) is 0.409. The van der Waals surface area contributed by atoms with Gasteiger partial charge in [0, 0.05) is 13.1 Å². The Labute approximate surface area is 172 Å². The summed E-state index contributed by atoms with van der Waals surface area (Å²) in [5.41, 5.74) is 2.20. The van der Waals surface area contributed by atoms with Gasteiger partial charge in [-0.1, -0.05) is 36.8 Å². The Morgan fingerprint density at radius 2 is 1.83 bits per heavy atom. The molecular formula is C22H27FN2O3S. The lowest BCUT2D eigenvalue weighted by Crippen LogP contribution is -2.46. The zero-order valence-electron chi connectivity index (χ0n) is 16.8. The maximum Gasteiger partial charge on any atom is 0.243 e. The molecule has 1 saturated heterocycles. The molecule has 0 aliphatic carbocycles. The number of sulfonamides is 1. The number of hydrogen-bond donors (Lipinski definition) is 1. The fourth-order valence-electron chi connectivity index (χ4n) is 3.64. The Bertz CT molecular complexity index is 943. The number of amides is 1. The Hall–Kier alpha value is -2.25. The Morgan fingerprint density at radius 3 is 2.45 bits per heavy atom. The van der Waals surface area contributed by atoms with Crippen LogP contribution < -0.4 is 5.32 Å². The van der Waals surface area contributed by atoms with Crippen LogP contribution >= 0.6 is 0 Å². The minimum atomic E-state index is -3.75. The molecule has 7 heteroatoms. The van der Waals surface area contributed by atoms with Crippen LogP contribution in [0.1, 0.15) is 43.4 Å². The third-order valence-electron chi connectivity index (χ3n) is 5.41. The number of nitrogens with one attached hydrogen (secondary N) is 1. The van der Waals surface area contributed by atoms with Crippen LogP contribution in [0, 0.1) is 18.7 Å². The second kappa shape index (κ2) is 9.05. The summed E-state index contributed by atoms with van der Waals surface area (Å²) in [5.74, 6) is -1.02. The van der Waals surface area contributed by atoms with E-state index in [9.17, 15) is 17.6 Å². The number of benzene rings is 2. The molecule has 2 aromatic carbocycles. The SMILES string of the molecule is CC[C@@H](NC(=O)[C@H]1CCCN(S(=O)(=O)c2ccc(F)cc2)C1)c1ccc(C)cc1. The van der Waals surface area contributed by atoms with E-state index in [0.29, 0.717) is 19.4 Å². The fourth-order valence-corrected chi connectivity index (χ4v) is 5.16. The van der Waals surface area contributed by atoms with Crippen molar-refractivity contribution in [2.24, 2.45) is 5.92 Å². The van der Waals surface area contributed by atoms with E-state index in [4.69, 9.17) is 0 Å². The average Bonchev–Trinajstić information content (AvgIpc) is 2.73. The first kappa shape index (κ1) is 21.5. The van der Waals surface area contributed by atoms with E-state index < -0.39 is 21.8 Å². The van der Waals surface area contributed by atoms with Crippen molar-refractivity contribution in [2.75, 3.05) is 13.1 Å². The molecule has 2 atom stereocenters. The molecule has 29 heavy (non-hydrogen) atoms. The molecule has 1 N–H and O–H groups in total. The van der Waals surface area contributed by atoms with Crippen molar-refractivity contribution in [1.82, 2.24) is 9.62 Å². The molecule has 1 amide bonds. The van der Waals surface area contributed by atoms with Crippen LogP contribution in [0.4, 0.5) is 4.39 Å². The van der Waals surface area contributed by atoms with Crippen LogP contribution in [0.15, 0.2) is 53.4 Å². The van der Waals surface area contributed by atoms with Gasteiger partial charge in [0.15, 0.2) is 0 Å². The molecule has 0 saturated carbocycles. The van der Waals surface area contributed by atoms with Crippen molar-refractivity contribution in [3.8, 4) is 0 Å². The lowest BCUT2D eigenvalue weighted by molar-refractivity contribution is -0.126. The summed E-state index contributed by atoms with van der Waals surface area (Å²) in [6.07, 6.45) is 2.00. The average molecular weight is 419 g/mol. The van der Waals surface area contributed by atoms with E-state index in [1.165, 1.54) is 16.4 Å². The Balaban J connectivity index is 1.70. The maximum absolute atomic E-state index is 13.1. The summed E-state index contributed by atoms with van der Waals surface area (Å²) in [5, 5.41) is 3.08. The molecule has 3 rings (SSSR count). The lowest BCUT2D eigenvalue weighted by atomic mass is 9.97. The van der Waals surface area contributed by atoms with Gasteiger partial charge in [0.05, 0.1) is 16.9 Å². The predicted molar refractivity (Wildman–Crippen MR) is 110 cm³/mol. The van der Waals surface area contributed by atoms with Crippen LogP contribution in [-0.4, -0.2) is 31.7 Å². The number of carbonyl (C=O) groups excluding carboxylic acids is 1. The molecule has 0 unspecified atom stereocenters. The van der Waals surface area contributed by atoms with Gasteiger partial charge in [0.2, 0.25) is 15.9 Å². The highest BCUT2D eigenvalue weighted by molar-refractivity contribution is 7.89. The smallest absolute Gasteiger partial charge is 0.243 e. The highest BCUT2D eigenvalue weighted by Crippen LogP contribution is 2.25. The van der Waals surface area contributed by atoms with Crippen molar-refractivity contribution in [2.45, 2.75) is 44.0 Å². The molecule has 2 aromatic rings. The number of aryl methyl sites for hydroxylation is 1. The summed E-state index contributed by atoms with van der Waals surface area (Å²) >= 11 is 0. The molecular weight excluding hydrogens is 391 g/mol. The third-order valence-corrected chi connectivity index (χ3v) is 7.29. The van der Waals surface area contributed by atoms with Gasteiger partial charge in [-0.15, -0.1) is 0 Å². The lowest BCUT2D eigenvalue weighted by Gasteiger charge is -2.32. The molecule has 1 fully saturated rings. The molecule has 0 aromatic heterocycles. The molecule has 1 heterocycles. The first-order valence-corrected chi connectivity index (χ1v) is 11.4. The van der Waals surface area contributed by atoms with Gasteiger partial charge in [-0.2, -0.15) is 4.31 Å². The van der Waals surface area contributed by atoms with Crippen molar-refractivity contribution in [3.05, 3.63) is 65.5 Å². The summed E-state index contributed by atoms with van der Waals surface area (Å²) in [4.78, 5) is 12.9. The van der Waals surface area contributed by atoms with Crippen LogP contribution in [-0.2, 0) is 14.8 Å². The molecule has 1 aliphatic heterocycles. The van der Waals surface area contributed by atoms with E-state index in [2.05, 4.69) is 5.32 Å². The van der Waals surface area contributed by atoms with Crippen LogP contribution in [0.2, 0.25) is 0 Å². The minimum absolute atomic E-state index is 0.0473. The van der Waals surface area contributed by atoms with Crippen LogP contribution in [0.3, 0.4) is 0 Å². The molecule has 0 spiro atoms. The van der Waals surface area contributed by atoms with E-state index in [-0.39, 0.29) is 23.4 Å². The standard InChI is InChI=1S/C22H27FN2O3S/c1-3-21(17-8-6-16(2)7-9-17)24-22(26)18-5-4-14-25(15-18)29(27,28)20-12-10-19(23)11-13-20/h6-13,18,21H,3-5,14-15H2,1-2H3,(H,24,26)/t18-,21+/m0/s1. The van der Waals surface area contributed by atoms with Crippen LogP contribution in [0.25, 0.3) is 0 Å². The van der Waals surface area contributed by atoms with Gasteiger partial charge in [0.25, 0.3) is 0 Å². The molecule has 5 nitrogen and oxygen atoms in total. The highest BCUT2D eigenvalue weighted by Gasteiger charge is 2.33. The van der Waals surface area contributed by atoms with E-state index in [0.717, 1.165) is 29.7 Å². The van der Waals surface area contributed by atoms with E-state index >= 15 is 0 Å². The van der Waals surface area contributed by atoms with Crippen molar-refractivity contribution in [3.63, 3.8) is 0 Å². The van der Waals surface area contributed by atoms with E-state index in [1.54, 1.807) is 0 Å². The first-order chi connectivity index (χ1) is 13.8. The summed E-state index contributed by atoms with van der Waals surface area (Å²) in [6, 6.07) is 12.7. The zero-order chi connectivity index (χ0) is 21.0. The maximum atomic E-state index is 13.1. The van der Waals surface area contributed by atoms with Gasteiger partial charge < -0.3 is 5.32 Å². The Kier molecular flexibility index (Phi) is 6.70. The third kappa shape index (κ3) is 5.03. The number of nitrogens with zero attached hydrogens (tertiary/aromatic N) is 1. The highest BCUT2D eigenvalue weighted by atomic mass is 32.2. The van der Waals surface area contributed by atoms with Gasteiger partial charge in [-0.05, 0) is 56.0 Å². The topological polar surface area (TPSA) is 66.5 Å². The van der Waals surface area contributed by atoms with Crippen molar-refractivity contribution in [1.29, 1.82) is 0 Å². The second-order valence-electron chi connectivity index (χ2n) is 7.54. The number of piperidine rings is 1. The van der Waals surface area contributed by atoms with Gasteiger partial charge >= 0.3 is 0 Å². The number of hydrogen-bond acceptors (Lipinski definition) is 3. The normalized spacial score (nSPS) is 18.9. The van der Waals surface area contributed by atoms with E-state index in [1.807, 2.05) is 38.1 Å². The van der Waals surface area contributed by atoms with Crippen molar-refractivity contribution >= 4 is 15.9 Å². The quantitative estimate of drug-likeness (QED) is 0.776. The summed E-state index contributed by atoms with van der Waals surface area (Å²) in [6.45, 7) is 4.52. The largest absolute Gasteiger partial charge is 0.349 e. The molecule has 156 valence electrons. The number of halogens is 1. The molecule has 0 bridgehead atoms. The summed E-state index contributed by atoms with van der Waals surface area (Å²) in [7, 11) is -3.75. The minimum Gasteiger partial charge on any atom is -0.349 e. The van der Waals surface area contributed by atoms with Gasteiger partial charge in [-0.3, -0.25) is 4.79 Å². The monoisotopic (exact) mass is 418 g/mol. The Morgan fingerprint density at radius 1 is 1.17 bits per heavy atom. The first-order valence-electron chi connectivity index (χ1n) is 9.94. The van der Waals surface area contributed by atoms with Crippen molar-refractivity contribution < 1.29 is 17.6 Å². The van der Waals surface area contributed by atoms with Gasteiger partial charge in [0.1, 0.15) is 5.82 Å². The number of rotatable bonds is 6. The van der Waals surface area contributed by atoms with Crippen LogP contribution in [0.5, 0.6) is 0 Å². The second-order valence-corrected chi connectivity index (χ2v) is 9.47. The molecule has 1 aliphatic rings. The predicted octanol–water partition coefficient (Wildman–Crippen LogP) is 3.80. The van der Waals surface area contributed by atoms with Gasteiger partial charge in [-0.25, -0.2) is 12.8 Å². The molecule has 0 radical (unpaired) electrons. The zero-order valence-corrected chi connectivity index (χ0v) is 17.6. The summed E-state index contributed by atoms with van der Waals surface area (Å²) < 4.78 is 40.2.